The number of allylic oxidation sites excluding steroid dienone is 1. The van der Waals surface area contributed by atoms with Gasteiger partial charge in [-0.05, 0) is 49.4 Å². The molecule has 0 spiro atoms. The molecule has 3 aromatic rings. The molecule has 0 unspecified atom stereocenters. The molecule has 1 aromatic carbocycles. The first-order valence-electron chi connectivity index (χ1n) is 7.50. The van der Waals surface area contributed by atoms with E-state index in [1.165, 1.54) is 11.6 Å². The van der Waals surface area contributed by atoms with E-state index in [0.29, 0.717) is 12.4 Å². The average Bonchev–Trinajstić information content (AvgIpc) is 3.26. The number of carbonyl (C=O) groups is 1. The molecule has 2 heterocycles. The standard InChI is InChI=1S/C16H16N6O3/c1-10(2)7-8-24-12-5-3-11(4-6-12)14-9-13(20-25-14)15(23)17-16-18-21-22-19-16/h3-7,9H,8H2,1-2H3,(H2,17,18,19,21,22,23). The van der Waals surface area contributed by atoms with Gasteiger partial charge in [0.15, 0.2) is 11.5 Å². The molecule has 9 heteroatoms. The Balaban J connectivity index is 1.65. The Hall–Kier alpha value is -3.49. The van der Waals surface area contributed by atoms with Crippen LogP contribution >= 0.6 is 0 Å². The number of H-pyrrole nitrogens is 1. The quantitative estimate of drug-likeness (QED) is 0.661. The second-order valence-corrected chi connectivity index (χ2v) is 5.38. The number of hydrogen-bond acceptors (Lipinski definition) is 7. The van der Waals surface area contributed by atoms with E-state index in [1.807, 2.05) is 44.2 Å². The molecule has 0 saturated heterocycles. The molecule has 0 aliphatic heterocycles. The minimum atomic E-state index is -0.488. The predicted octanol–water partition coefficient (Wildman–Crippen LogP) is 2.45. The van der Waals surface area contributed by atoms with Gasteiger partial charge in [-0.15, -0.1) is 5.10 Å². The molecule has 0 radical (unpaired) electrons. The molecule has 0 aliphatic rings. The summed E-state index contributed by atoms with van der Waals surface area (Å²) in [5, 5.41) is 19.1. The third-order valence-electron chi connectivity index (χ3n) is 3.19. The van der Waals surface area contributed by atoms with Gasteiger partial charge in [0.05, 0.1) is 0 Å². The Morgan fingerprint density at radius 2 is 2.12 bits per heavy atom. The van der Waals surface area contributed by atoms with Gasteiger partial charge in [-0.3, -0.25) is 10.1 Å². The SMILES string of the molecule is CC(C)=CCOc1ccc(-c2cc(C(=O)Nc3nn[nH]n3)no2)cc1. The van der Waals surface area contributed by atoms with Gasteiger partial charge in [-0.2, -0.15) is 5.21 Å². The van der Waals surface area contributed by atoms with Crippen LogP contribution in [0.15, 0.2) is 46.5 Å². The van der Waals surface area contributed by atoms with E-state index in [9.17, 15) is 4.79 Å². The number of tetrazole rings is 1. The number of nitrogens with zero attached hydrogens (tertiary/aromatic N) is 4. The van der Waals surface area contributed by atoms with Gasteiger partial charge in [0.25, 0.3) is 11.9 Å². The van der Waals surface area contributed by atoms with E-state index in [1.54, 1.807) is 0 Å². The van der Waals surface area contributed by atoms with Crippen molar-refractivity contribution in [3.8, 4) is 17.1 Å². The van der Waals surface area contributed by atoms with Crippen LogP contribution in [0.1, 0.15) is 24.3 Å². The van der Waals surface area contributed by atoms with Crippen LogP contribution in [0.25, 0.3) is 11.3 Å². The molecule has 2 N–H and O–H groups in total. The van der Waals surface area contributed by atoms with E-state index < -0.39 is 5.91 Å². The van der Waals surface area contributed by atoms with Gasteiger partial charge in [-0.1, -0.05) is 15.8 Å². The van der Waals surface area contributed by atoms with E-state index in [2.05, 4.69) is 31.1 Å². The van der Waals surface area contributed by atoms with E-state index >= 15 is 0 Å². The van der Waals surface area contributed by atoms with Gasteiger partial charge in [0.2, 0.25) is 0 Å². The van der Waals surface area contributed by atoms with E-state index in [-0.39, 0.29) is 11.6 Å². The third kappa shape index (κ3) is 4.28. The summed E-state index contributed by atoms with van der Waals surface area (Å²) in [6, 6.07) is 8.86. The Kier molecular flexibility index (Phi) is 4.84. The predicted molar refractivity (Wildman–Crippen MR) is 89.0 cm³/mol. The highest BCUT2D eigenvalue weighted by molar-refractivity contribution is 6.02. The molecule has 0 bridgehead atoms. The van der Waals surface area contributed by atoms with Crippen LogP contribution in [0.5, 0.6) is 5.75 Å². The monoisotopic (exact) mass is 340 g/mol. The maximum Gasteiger partial charge on any atom is 0.280 e. The number of aromatic amines is 1. The number of hydrogen-bond donors (Lipinski definition) is 2. The number of amides is 1. The van der Waals surface area contributed by atoms with Crippen molar-refractivity contribution >= 4 is 11.9 Å². The summed E-state index contributed by atoms with van der Waals surface area (Å²) in [5.41, 5.74) is 2.09. The third-order valence-corrected chi connectivity index (χ3v) is 3.19. The molecular formula is C16H16N6O3. The molecule has 0 aliphatic carbocycles. The first-order chi connectivity index (χ1) is 12.1. The molecule has 2 aromatic heterocycles. The van der Waals surface area contributed by atoms with Crippen LogP contribution in [0, 0.1) is 0 Å². The number of nitrogens with one attached hydrogen (secondary N) is 2. The topological polar surface area (TPSA) is 119 Å². The normalized spacial score (nSPS) is 10.3. The zero-order valence-electron chi connectivity index (χ0n) is 13.7. The number of ether oxygens (including phenoxy) is 1. The number of carbonyl (C=O) groups excluding carboxylic acids is 1. The Morgan fingerprint density at radius 1 is 1.32 bits per heavy atom. The minimum Gasteiger partial charge on any atom is -0.490 e. The summed E-state index contributed by atoms with van der Waals surface area (Å²) in [4.78, 5) is 12.0. The molecule has 1 amide bonds. The molecular weight excluding hydrogens is 324 g/mol. The molecule has 3 rings (SSSR count). The fourth-order valence-electron chi connectivity index (χ4n) is 1.92. The summed E-state index contributed by atoms with van der Waals surface area (Å²) in [5.74, 6) is 0.787. The van der Waals surface area contributed by atoms with Crippen molar-refractivity contribution in [2.24, 2.45) is 0 Å². The lowest BCUT2D eigenvalue weighted by molar-refractivity contribution is 0.101. The van der Waals surface area contributed by atoms with Crippen molar-refractivity contribution in [3.05, 3.63) is 47.7 Å². The highest BCUT2D eigenvalue weighted by Crippen LogP contribution is 2.23. The highest BCUT2D eigenvalue weighted by Gasteiger charge is 2.15. The summed E-state index contributed by atoms with van der Waals surface area (Å²) in [6.45, 7) is 4.55. The summed E-state index contributed by atoms with van der Waals surface area (Å²) in [7, 11) is 0. The number of anilines is 1. The maximum atomic E-state index is 12.0. The van der Waals surface area contributed by atoms with Gasteiger partial charge in [0.1, 0.15) is 12.4 Å². The fraction of sp³-hybridized carbons (Fsp3) is 0.188. The summed E-state index contributed by atoms with van der Waals surface area (Å²) in [6.07, 6.45) is 2.00. The first kappa shape index (κ1) is 16.4. The maximum absolute atomic E-state index is 12.0. The van der Waals surface area contributed by atoms with Crippen LogP contribution in [-0.2, 0) is 0 Å². The van der Waals surface area contributed by atoms with Crippen LogP contribution in [0.3, 0.4) is 0 Å². The number of rotatable bonds is 6. The smallest absolute Gasteiger partial charge is 0.280 e. The lowest BCUT2D eigenvalue weighted by atomic mass is 10.1. The van der Waals surface area contributed by atoms with Crippen molar-refractivity contribution in [1.29, 1.82) is 0 Å². The zero-order valence-corrected chi connectivity index (χ0v) is 13.7. The van der Waals surface area contributed by atoms with Crippen molar-refractivity contribution in [2.75, 3.05) is 11.9 Å². The summed E-state index contributed by atoms with van der Waals surface area (Å²) < 4.78 is 10.8. The fourth-order valence-corrected chi connectivity index (χ4v) is 1.92. The second-order valence-electron chi connectivity index (χ2n) is 5.38. The molecule has 0 fully saturated rings. The molecule has 128 valence electrons. The lowest BCUT2D eigenvalue weighted by Crippen LogP contribution is -2.13. The number of aromatic nitrogens is 5. The Morgan fingerprint density at radius 3 is 2.80 bits per heavy atom. The first-order valence-corrected chi connectivity index (χ1v) is 7.50. The van der Waals surface area contributed by atoms with Crippen molar-refractivity contribution in [2.45, 2.75) is 13.8 Å². The van der Waals surface area contributed by atoms with Crippen LogP contribution in [0.2, 0.25) is 0 Å². The van der Waals surface area contributed by atoms with Gasteiger partial charge < -0.3 is 9.26 Å². The molecule has 9 nitrogen and oxygen atoms in total. The largest absolute Gasteiger partial charge is 0.490 e. The molecule has 0 atom stereocenters. The minimum absolute atomic E-state index is 0.0624. The van der Waals surface area contributed by atoms with E-state index in [4.69, 9.17) is 9.26 Å². The second kappa shape index (κ2) is 7.39. The van der Waals surface area contributed by atoms with Crippen LogP contribution in [-0.4, -0.2) is 38.3 Å². The van der Waals surface area contributed by atoms with Gasteiger partial charge >= 0.3 is 0 Å². The van der Waals surface area contributed by atoms with Crippen molar-refractivity contribution < 1.29 is 14.1 Å². The Bertz CT molecular complexity index is 864. The van der Waals surface area contributed by atoms with Crippen molar-refractivity contribution in [1.82, 2.24) is 25.8 Å². The average molecular weight is 340 g/mol. The Labute approximate surface area is 143 Å². The molecule has 0 saturated carbocycles. The number of benzene rings is 1. The zero-order chi connectivity index (χ0) is 17.6. The highest BCUT2D eigenvalue weighted by atomic mass is 16.5. The molecule has 25 heavy (non-hydrogen) atoms. The lowest BCUT2D eigenvalue weighted by Gasteiger charge is -2.04. The van der Waals surface area contributed by atoms with Crippen LogP contribution in [0.4, 0.5) is 5.95 Å². The van der Waals surface area contributed by atoms with Crippen molar-refractivity contribution in [3.63, 3.8) is 0 Å². The van der Waals surface area contributed by atoms with Crippen LogP contribution < -0.4 is 10.1 Å². The van der Waals surface area contributed by atoms with Gasteiger partial charge in [-0.25, -0.2) is 0 Å². The van der Waals surface area contributed by atoms with Gasteiger partial charge in [0, 0.05) is 11.6 Å². The van der Waals surface area contributed by atoms with E-state index in [0.717, 1.165) is 11.3 Å². The summed E-state index contributed by atoms with van der Waals surface area (Å²) >= 11 is 0.